The van der Waals surface area contributed by atoms with E-state index in [1.54, 1.807) is 43.3 Å². The number of carbonyl (C=O) groups excluding carboxylic acids is 1. The highest BCUT2D eigenvalue weighted by Gasteiger charge is 2.18. The van der Waals surface area contributed by atoms with Crippen molar-refractivity contribution in [3.63, 3.8) is 0 Å². The van der Waals surface area contributed by atoms with Crippen LogP contribution in [0.5, 0.6) is 5.75 Å². The van der Waals surface area contributed by atoms with Crippen molar-refractivity contribution >= 4 is 67.8 Å². The molecule has 3 aromatic carbocycles. The van der Waals surface area contributed by atoms with Crippen molar-refractivity contribution in [2.75, 3.05) is 10.0 Å². The number of sulfonamides is 1. The van der Waals surface area contributed by atoms with Gasteiger partial charge in [-0.2, -0.15) is 0 Å². The van der Waals surface area contributed by atoms with Gasteiger partial charge in [0.15, 0.2) is 11.2 Å². The van der Waals surface area contributed by atoms with Crippen LogP contribution < -0.4 is 20.1 Å². The van der Waals surface area contributed by atoms with Crippen LogP contribution in [0.2, 0.25) is 10.0 Å². The topological polar surface area (TPSA) is 96.5 Å². The first-order valence-corrected chi connectivity index (χ1v) is 13.0. The number of hydrogen-bond donors (Lipinski definition) is 3. The van der Waals surface area contributed by atoms with Gasteiger partial charge in [-0.3, -0.25) is 14.8 Å². The molecule has 1 atom stereocenters. The predicted molar refractivity (Wildman–Crippen MR) is 144 cm³/mol. The monoisotopic (exact) mass is 551 g/mol. The van der Waals surface area contributed by atoms with Gasteiger partial charge in [0.05, 0.1) is 9.92 Å². The molecule has 3 aromatic rings. The molecule has 3 N–H and O–H groups in total. The Balaban J connectivity index is 1.58. The summed E-state index contributed by atoms with van der Waals surface area (Å²) in [5.74, 6) is -0.186. The van der Waals surface area contributed by atoms with E-state index in [1.165, 1.54) is 18.2 Å². The Labute approximate surface area is 219 Å². The smallest absolute Gasteiger partial charge is 0.266 e. The fourth-order valence-corrected chi connectivity index (χ4v) is 4.87. The standard InChI is InChI=1S/C24H23Cl2N3O4S2/c1-14-10-15(2)12-19(11-14)29-35(31,32)20-7-5-18(6-8-20)27-24(34)28-23(30)16(3)33-22-9-4-17(25)13-21(22)26/h4-13,16,29H,1-3H3,(H2,27,28,30,34). The van der Waals surface area contributed by atoms with Crippen LogP contribution in [0, 0.1) is 13.8 Å². The van der Waals surface area contributed by atoms with E-state index >= 15 is 0 Å². The summed E-state index contributed by atoms with van der Waals surface area (Å²) in [6, 6.07) is 16.1. The van der Waals surface area contributed by atoms with Crippen LogP contribution in [0.3, 0.4) is 0 Å². The van der Waals surface area contributed by atoms with Crippen molar-refractivity contribution in [3.05, 3.63) is 81.8 Å². The Kier molecular flexibility index (Phi) is 8.60. The molecule has 0 aliphatic rings. The number of halogens is 2. The second-order valence-electron chi connectivity index (χ2n) is 7.78. The van der Waals surface area contributed by atoms with E-state index in [-0.39, 0.29) is 15.0 Å². The average molecular weight is 553 g/mol. The van der Waals surface area contributed by atoms with Crippen LogP contribution in [0.1, 0.15) is 18.1 Å². The fraction of sp³-hybridized carbons (Fsp3) is 0.167. The van der Waals surface area contributed by atoms with Crippen molar-refractivity contribution in [3.8, 4) is 5.75 Å². The summed E-state index contributed by atoms with van der Waals surface area (Å²) in [6.45, 7) is 5.34. The minimum Gasteiger partial charge on any atom is -0.479 e. The predicted octanol–water partition coefficient (Wildman–Crippen LogP) is 5.69. The van der Waals surface area contributed by atoms with Gasteiger partial charge in [-0.25, -0.2) is 8.42 Å². The molecular formula is C24H23Cl2N3O4S2. The van der Waals surface area contributed by atoms with Crippen molar-refractivity contribution in [2.45, 2.75) is 31.8 Å². The van der Waals surface area contributed by atoms with Crippen molar-refractivity contribution in [1.82, 2.24) is 5.32 Å². The first kappa shape index (κ1) is 26.7. The number of amides is 1. The molecule has 0 saturated heterocycles. The molecule has 0 aliphatic heterocycles. The van der Waals surface area contributed by atoms with E-state index < -0.39 is 22.0 Å². The molecule has 0 radical (unpaired) electrons. The highest BCUT2D eigenvalue weighted by Crippen LogP contribution is 2.28. The zero-order valence-corrected chi connectivity index (χ0v) is 22.2. The minimum atomic E-state index is -3.77. The third kappa shape index (κ3) is 7.57. The summed E-state index contributed by atoms with van der Waals surface area (Å²) in [4.78, 5) is 12.5. The lowest BCUT2D eigenvalue weighted by molar-refractivity contribution is -0.125. The summed E-state index contributed by atoms with van der Waals surface area (Å²) < 4.78 is 33.6. The maximum Gasteiger partial charge on any atom is 0.266 e. The molecule has 0 fully saturated rings. The van der Waals surface area contributed by atoms with Crippen molar-refractivity contribution in [2.24, 2.45) is 0 Å². The number of hydrogen-bond acceptors (Lipinski definition) is 5. The highest BCUT2D eigenvalue weighted by atomic mass is 35.5. The van der Waals surface area contributed by atoms with Gasteiger partial charge in [-0.05, 0) is 98.7 Å². The number of ether oxygens (including phenoxy) is 1. The molecular weight excluding hydrogens is 529 g/mol. The average Bonchev–Trinajstić information content (AvgIpc) is 2.74. The summed E-state index contributed by atoms with van der Waals surface area (Å²) in [7, 11) is -3.77. The normalized spacial score (nSPS) is 11.9. The van der Waals surface area contributed by atoms with Gasteiger partial charge in [-0.15, -0.1) is 0 Å². The fourth-order valence-electron chi connectivity index (χ4n) is 3.16. The van der Waals surface area contributed by atoms with Gasteiger partial charge >= 0.3 is 0 Å². The van der Waals surface area contributed by atoms with Crippen LogP contribution in [0.25, 0.3) is 0 Å². The lowest BCUT2D eigenvalue weighted by Crippen LogP contribution is -2.42. The summed E-state index contributed by atoms with van der Waals surface area (Å²) in [5, 5.41) is 6.11. The van der Waals surface area contributed by atoms with Gasteiger partial charge in [0.1, 0.15) is 5.75 Å². The second-order valence-corrected chi connectivity index (χ2v) is 10.7. The first-order chi connectivity index (χ1) is 16.4. The molecule has 0 spiro atoms. The van der Waals surface area contributed by atoms with Gasteiger partial charge in [-0.1, -0.05) is 29.3 Å². The van der Waals surface area contributed by atoms with Crippen LogP contribution in [-0.2, 0) is 14.8 Å². The van der Waals surface area contributed by atoms with Crippen molar-refractivity contribution in [1.29, 1.82) is 0 Å². The molecule has 0 heterocycles. The number of aryl methyl sites for hydroxylation is 2. The summed E-state index contributed by atoms with van der Waals surface area (Å²) in [6.07, 6.45) is -0.891. The van der Waals surface area contributed by atoms with E-state index in [9.17, 15) is 13.2 Å². The molecule has 35 heavy (non-hydrogen) atoms. The second kappa shape index (κ2) is 11.3. The first-order valence-electron chi connectivity index (χ1n) is 10.4. The van der Waals surface area contributed by atoms with Crippen LogP contribution in [-0.4, -0.2) is 25.5 Å². The van der Waals surface area contributed by atoms with E-state index in [2.05, 4.69) is 15.4 Å². The largest absolute Gasteiger partial charge is 0.479 e. The number of nitrogens with one attached hydrogen (secondary N) is 3. The molecule has 184 valence electrons. The van der Waals surface area contributed by atoms with E-state index in [4.69, 9.17) is 40.2 Å². The number of carbonyl (C=O) groups is 1. The summed E-state index contributed by atoms with van der Waals surface area (Å²) in [5.41, 5.74) is 2.89. The molecule has 11 heteroatoms. The minimum absolute atomic E-state index is 0.0246. The van der Waals surface area contributed by atoms with Gasteiger partial charge in [0.2, 0.25) is 0 Å². The molecule has 0 bridgehead atoms. The number of thiocarbonyl (C=S) groups is 1. The Morgan fingerprint density at radius 2 is 1.57 bits per heavy atom. The lowest BCUT2D eigenvalue weighted by atomic mass is 10.1. The van der Waals surface area contributed by atoms with Gasteiger partial charge in [0.25, 0.3) is 15.9 Å². The number of benzene rings is 3. The Morgan fingerprint density at radius 3 is 2.17 bits per heavy atom. The lowest BCUT2D eigenvalue weighted by Gasteiger charge is -2.17. The van der Waals surface area contributed by atoms with E-state index in [0.29, 0.717) is 22.1 Å². The maximum absolute atomic E-state index is 12.7. The quantitative estimate of drug-likeness (QED) is 0.326. The Hall–Kier alpha value is -2.85. The van der Waals surface area contributed by atoms with Gasteiger partial charge in [0, 0.05) is 16.4 Å². The van der Waals surface area contributed by atoms with Crippen LogP contribution in [0.4, 0.5) is 11.4 Å². The molecule has 7 nitrogen and oxygen atoms in total. The zero-order chi connectivity index (χ0) is 25.8. The zero-order valence-electron chi connectivity index (χ0n) is 19.1. The summed E-state index contributed by atoms with van der Waals surface area (Å²) >= 11 is 17.1. The van der Waals surface area contributed by atoms with Crippen LogP contribution in [0.15, 0.2) is 65.6 Å². The van der Waals surface area contributed by atoms with E-state index in [1.807, 2.05) is 19.9 Å². The molecule has 1 amide bonds. The van der Waals surface area contributed by atoms with Crippen molar-refractivity contribution < 1.29 is 17.9 Å². The SMILES string of the molecule is Cc1cc(C)cc(NS(=O)(=O)c2ccc(NC(=S)NC(=O)C(C)Oc3ccc(Cl)cc3Cl)cc2)c1. The Morgan fingerprint density at radius 1 is 0.943 bits per heavy atom. The third-order valence-corrected chi connectivity index (χ3v) is 6.83. The number of anilines is 2. The van der Waals surface area contributed by atoms with Crippen LogP contribution >= 0.6 is 35.4 Å². The van der Waals surface area contributed by atoms with E-state index in [0.717, 1.165) is 11.1 Å². The molecule has 0 aromatic heterocycles. The molecule has 1 unspecified atom stereocenters. The highest BCUT2D eigenvalue weighted by molar-refractivity contribution is 7.92. The molecule has 3 rings (SSSR count). The van der Waals surface area contributed by atoms with Gasteiger partial charge < -0.3 is 10.1 Å². The number of rotatable bonds is 7. The molecule has 0 aliphatic carbocycles. The Bertz CT molecular complexity index is 1340. The maximum atomic E-state index is 12.7. The molecule has 0 saturated carbocycles. The third-order valence-electron chi connectivity index (χ3n) is 4.70.